The van der Waals surface area contributed by atoms with Gasteiger partial charge >= 0.3 is 0 Å². The standard InChI is InChI=1S/C19H29N5/c1-19(2,3)16-8-6-15(7-9-16)10-12-21-18(20-4)22-14-17-11-13-23-24(17)5/h6-9,11,13H,10,12,14H2,1-5H3,(H2,20,21,22). The van der Waals surface area contributed by atoms with Crippen LogP contribution in [0.15, 0.2) is 41.5 Å². The molecule has 0 atom stereocenters. The van der Waals surface area contributed by atoms with E-state index in [2.05, 4.69) is 65.8 Å². The Bertz CT molecular complexity index is 662. The minimum absolute atomic E-state index is 0.203. The summed E-state index contributed by atoms with van der Waals surface area (Å²) in [5, 5.41) is 10.8. The van der Waals surface area contributed by atoms with Gasteiger partial charge in [0.15, 0.2) is 5.96 Å². The van der Waals surface area contributed by atoms with Crippen LogP contribution in [0, 0.1) is 0 Å². The van der Waals surface area contributed by atoms with Crippen LogP contribution in [0.25, 0.3) is 0 Å². The largest absolute Gasteiger partial charge is 0.356 e. The van der Waals surface area contributed by atoms with Crippen LogP contribution in [-0.4, -0.2) is 29.3 Å². The number of aryl methyl sites for hydroxylation is 1. The summed E-state index contributed by atoms with van der Waals surface area (Å²) in [4.78, 5) is 4.26. The Morgan fingerprint density at radius 2 is 1.83 bits per heavy atom. The van der Waals surface area contributed by atoms with Crippen molar-refractivity contribution < 1.29 is 0 Å². The zero-order chi connectivity index (χ0) is 17.6. The summed E-state index contributed by atoms with van der Waals surface area (Å²) >= 11 is 0. The second-order valence-electron chi connectivity index (χ2n) is 7.00. The van der Waals surface area contributed by atoms with Gasteiger partial charge in [0, 0.05) is 26.8 Å². The third kappa shape index (κ3) is 5.11. The summed E-state index contributed by atoms with van der Waals surface area (Å²) in [7, 11) is 3.73. The molecule has 0 saturated heterocycles. The van der Waals surface area contributed by atoms with Crippen LogP contribution in [0.1, 0.15) is 37.6 Å². The van der Waals surface area contributed by atoms with Gasteiger partial charge in [0.1, 0.15) is 0 Å². The Balaban J connectivity index is 1.78. The molecule has 2 N–H and O–H groups in total. The first-order valence-corrected chi connectivity index (χ1v) is 8.41. The summed E-state index contributed by atoms with van der Waals surface area (Å²) < 4.78 is 1.86. The molecule has 1 aromatic carbocycles. The fourth-order valence-corrected chi connectivity index (χ4v) is 2.47. The van der Waals surface area contributed by atoms with Gasteiger partial charge in [0.2, 0.25) is 0 Å². The summed E-state index contributed by atoms with van der Waals surface area (Å²) in [5.74, 6) is 0.808. The zero-order valence-corrected chi connectivity index (χ0v) is 15.4. The highest BCUT2D eigenvalue weighted by Gasteiger charge is 2.12. The number of rotatable bonds is 5. The Morgan fingerprint density at radius 1 is 1.12 bits per heavy atom. The quantitative estimate of drug-likeness (QED) is 0.656. The Labute approximate surface area is 145 Å². The number of nitrogens with one attached hydrogen (secondary N) is 2. The van der Waals surface area contributed by atoms with Gasteiger partial charge in [-0.1, -0.05) is 45.0 Å². The van der Waals surface area contributed by atoms with E-state index in [0.29, 0.717) is 6.54 Å². The molecule has 1 heterocycles. The monoisotopic (exact) mass is 327 g/mol. The highest BCUT2D eigenvalue weighted by atomic mass is 15.3. The normalized spacial score (nSPS) is 12.3. The van der Waals surface area contributed by atoms with Gasteiger partial charge in [0.25, 0.3) is 0 Å². The number of aromatic nitrogens is 2. The summed E-state index contributed by atoms with van der Waals surface area (Å²) in [6.45, 7) is 8.26. The molecule has 0 aliphatic heterocycles. The number of benzene rings is 1. The van der Waals surface area contributed by atoms with Crippen LogP contribution in [0.3, 0.4) is 0 Å². The van der Waals surface area contributed by atoms with E-state index < -0.39 is 0 Å². The average molecular weight is 327 g/mol. The van der Waals surface area contributed by atoms with Crippen molar-refractivity contribution in [3.63, 3.8) is 0 Å². The molecule has 5 heteroatoms. The molecule has 2 rings (SSSR count). The molecule has 0 saturated carbocycles. The van der Waals surface area contributed by atoms with Crippen molar-refractivity contribution in [1.29, 1.82) is 0 Å². The fourth-order valence-electron chi connectivity index (χ4n) is 2.47. The SMILES string of the molecule is CN=C(NCCc1ccc(C(C)(C)C)cc1)NCc1ccnn1C. The van der Waals surface area contributed by atoms with E-state index in [9.17, 15) is 0 Å². The van der Waals surface area contributed by atoms with Crippen molar-refractivity contribution in [3.05, 3.63) is 53.3 Å². The van der Waals surface area contributed by atoms with Crippen molar-refractivity contribution in [2.24, 2.45) is 12.0 Å². The van der Waals surface area contributed by atoms with Gasteiger partial charge in [-0.05, 0) is 29.0 Å². The maximum Gasteiger partial charge on any atom is 0.191 e. The molecule has 5 nitrogen and oxygen atoms in total. The minimum Gasteiger partial charge on any atom is -0.356 e. The first-order valence-electron chi connectivity index (χ1n) is 8.41. The molecule has 130 valence electrons. The van der Waals surface area contributed by atoms with Crippen molar-refractivity contribution in [2.75, 3.05) is 13.6 Å². The van der Waals surface area contributed by atoms with Gasteiger partial charge in [0.05, 0.1) is 12.2 Å². The lowest BCUT2D eigenvalue weighted by Gasteiger charge is -2.19. The Hall–Kier alpha value is -2.30. The summed E-state index contributed by atoms with van der Waals surface area (Å²) in [5.41, 5.74) is 4.02. The molecule has 0 fully saturated rings. The van der Waals surface area contributed by atoms with Crippen LogP contribution < -0.4 is 10.6 Å². The molecule has 0 radical (unpaired) electrons. The third-order valence-electron chi connectivity index (χ3n) is 4.11. The van der Waals surface area contributed by atoms with Crippen molar-refractivity contribution >= 4 is 5.96 Å². The highest BCUT2D eigenvalue weighted by molar-refractivity contribution is 5.79. The Kier molecular flexibility index (Phi) is 6.01. The number of hydrogen-bond donors (Lipinski definition) is 2. The van der Waals surface area contributed by atoms with Crippen molar-refractivity contribution in [1.82, 2.24) is 20.4 Å². The van der Waals surface area contributed by atoms with Crippen molar-refractivity contribution in [3.8, 4) is 0 Å². The molecule has 0 aliphatic rings. The topological polar surface area (TPSA) is 54.2 Å². The van der Waals surface area contributed by atoms with Crippen LogP contribution in [0.2, 0.25) is 0 Å². The second-order valence-corrected chi connectivity index (χ2v) is 7.00. The first-order chi connectivity index (χ1) is 11.4. The fraction of sp³-hybridized carbons (Fsp3) is 0.474. The van der Waals surface area contributed by atoms with Gasteiger partial charge < -0.3 is 10.6 Å². The molecule has 0 bridgehead atoms. The van der Waals surface area contributed by atoms with Gasteiger partial charge in [-0.3, -0.25) is 9.67 Å². The minimum atomic E-state index is 0.203. The van der Waals surface area contributed by atoms with E-state index in [1.54, 1.807) is 13.2 Å². The lowest BCUT2D eigenvalue weighted by molar-refractivity contribution is 0.590. The van der Waals surface area contributed by atoms with Gasteiger partial charge in [-0.25, -0.2) is 0 Å². The van der Waals surface area contributed by atoms with E-state index in [-0.39, 0.29) is 5.41 Å². The molecule has 24 heavy (non-hydrogen) atoms. The molecular formula is C19H29N5. The predicted octanol–water partition coefficient (Wildman–Crippen LogP) is 2.63. The van der Waals surface area contributed by atoms with E-state index in [1.807, 2.05) is 17.8 Å². The lowest BCUT2D eigenvalue weighted by atomic mass is 9.86. The van der Waals surface area contributed by atoms with Crippen molar-refractivity contribution in [2.45, 2.75) is 39.2 Å². The number of aliphatic imine (C=N–C) groups is 1. The zero-order valence-electron chi connectivity index (χ0n) is 15.4. The maximum absolute atomic E-state index is 4.26. The number of nitrogens with zero attached hydrogens (tertiary/aromatic N) is 3. The molecular weight excluding hydrogens is 298 g/mol. The predicted molar refractivity (Wildman–Crippen MR) is 100 cm³/mol. The van der Waals surface area contributed by atoms with E-state index in [0.717, 1.165) is 24.6 Å². The van der Waals surface area contributed by atoms with E-state index >= 15 is 0 Å². The molecule has 0 amide bonds. The molecule has 0 unspecified atom stereocenters. The van der Waals surface area contributed by atoms with Crippen LogP contribution >= 0.6 is 0 Å². The first kappa shape index (κ1) is 18.0. The maximum atomic E-state index is 4.26. The van der Waals surface area contributed by atoms with Gasteiger partial charge in [-0.15, -0.1) is 0 Å². The van der Waals surface area contributed by atoms with E-state index in [1.165, 1.54) is 11.1 Å². The van der Waals surface area contributed by atoms with E-state index in [4.69, 9.17) is 0 Å². The van der Waals surface area contributed by atoms with Crippen LogP contribution in [-0.2, 0) is 25.4 Å². The highest BCUT2D eigenvalue weighted by Crippen LogP contribution is 2.22. The smallest absolute Gasteiger partial charge is 0.191 e. The third-order valence-corrected chi connectivity index (χ3v) is 4.11. The van der Waals surface area contributed by atoms with Gasteiger partial charge in [-0.2, -0.15) is 5.10 Å². The Morgan fingerprint density at radius 3 is 2.38 bits per heavy atom. The van der Waals surface area contributed by atoms with Crippen LogP contribution in [0.4, 0.5) is 0 Å². The van der Waals surface area contributed by atoms with Crippen LogP contribution in [0.5, 0.6) is 0 Å². The summed E-state index contributed by atoms with van der Waals surface area (Å²) in [6.07, 6.45) is 2.77. The molecule has 2 aromatic rings. The number of hydrogen-bond acceptors (Lipinski definition) is 2. The summed E-state index contributed by atoms with van der Waals surface area (Å²) in [6, 6.07) is 10.9. The average Bonchev–Trinajstić information content (AvgIpc) is 2.95. The molecule has 1 aromatic heterocycles. The number of guanidine groups is 1. The lowest BCUT2D eigenvalue weighted by Crippen LogP contribution is -2.38. The second kappa shape index (κ2) is 7.99. The molecule has 0 aliphatic carbocycles. The molecule has 0 spiro atoms.